The first-order valence-corrected chi connectivity index (χ1v) is 9.10. The summed E-state index contributed by atoms with van der Waals surface area (Å²) in [7, 11) is -4.03. The number of halogens is 4. The molecule has 0 aliphatic rings. The molecule has 2 aromatic rings. The largest absolute Gasteiger partial charge is 0.505 e. The second-order valence-corrected chi connectivity index (χ2v) is 7.79. The number of phenols is 1. The fourth-order valence-corrected chi connectivity index (χ4v) is 3.58. The van der Waals surface area contributed by atoms with Gasteiger partial charge >= 0.3 is 12.1 Å². The van der Waals surface area contributed by atoms with Gasteiger partial charge in [0.2, 0.25) is 9.84 Å². The molecule has 27 heavy (non-hydrogen) atoms. The van der Waals surface area contributed by atoms with E-state index in [1.807, 2.05) is 0 Å². The van der Waals surface area contributed by atoms with E-state index < -0.39 is 39.5 Å². The molecule has 10 heteroatoms. The molecule has 0 spiro atoms. The molecule has 0 saturated carbocycles. The van der Waals surface area contributed by atoms with Crippen LogP contribution in [0.25, 0.3) is 0 Å². The Bertz CT molecular complexity index is 940. The van der Waals surface area contributed by atoms with E-state index in [4.69, 9.17) is 5.11 Å². The van der Waals surface area contributed by atoms with Crippen LogP contribution in [-0.4, -0.2) is 31.6 Å². The molecule has 0 heterocycles. The summed E-state index contributed by atoms with van der Waals surface area (Å²) in [6, 6.07) is 7.07. The first-order chi connectivity index (χ1) is 12.4. The fourth-order valence-electron chi connectivity index (χ4n) is 2.31. The van der Waals surface area contributed by atoms with Crippen molar-refractivity contribution in [1.82, 2.24) is 5.32 Å². The van der Waals surface area contributed by atoms with Crippen LogP contribution in [0.2, 0.25) is 0 Å². The highest BCUT2D eigenvalue weighted by Gasteiger charge is 2.39. The lowest BCUT2D eigenvalue weighted by Gasteiger charge is -2.15. The lowest BCUT2D eigenvalue weighted by Crippen LogP contribution is -2.42. The molecule has 2 rings (SSSR count). The molecule has 0 unspecified atom stereocenters. The second-order valence-electron chi connectivity index (χ2n) is 5.84. The van der Waals surface area contributed by atoms with E-state index in [0.717, 1.165) is 12.1 Å². The van der Waals surface area contributed by atoms with E-state index in [9.17, 15) is 30.8 Å². The molecule has 0 aliphatic heterocycles. The van der Waals surface area contributed by atoms with E-state index in [0.29, 0.717) is 11.6 Å². The number of hydrogen-bond donors (Lipinski definition) is 2. The van der Waals surface area contributed by atoms with Crippen molar-refractivity contribution in [3.63, 3.8) is 0 Å². The molecule has 1 atom stereocenters. The number of phenolic OH excluding ortho intramolecular Hbond substituents is 1. The number of carbonyl (C=O) groups excluding carboxylic acids is 1. The van der Waals surface area contributed by atoms with Gasteiger partial charge in [-0.1, -0.05) is 12.1 Å². The van der Waals surface area contributed by atoms with Gasteiger partial charge in [-0.25, -0.2) is 12.8 Å². The minimum absolute atomic E-state index is 0.0516. The molecule has 1 amide bonds. The van der Waals surface area contributed by atoms with Gasteiger partial charge in [0.25, 0.3) is 0 Å². The van der Waals surface area contributed by atoms with Crippen molar-refractivity contribution in [1.29, 1.82) is 0 Å². The zero-order valence-corrected chi connectivity index (χ0v) is 14.7. The van der Waals surface area contributed by atoms with Gasteiger partial charge in [-0.05, 0) is 49.2 Å². The highest BCUT2D eigenvalue weighted by atomic mass is 32.2. The van der Waals surface area contributed by atoms with Crippen molar-refractivity contribution in [2.45, 2.75) is 35.4 Å². The molecule has 0 saturated heterocycles. The summed E-state index contributed by atoms with van der Waals surface area (Å²) in [5, 5.41) is 10.9. The van der Waals surface area contributed by atoms with Crippen LogP contribution in [-0.2, 0) is 21.1 Å². The summed E-state index contributed by atoms with van der Waals surface area (Å²) in [6.07, 6.45) is -4.93. The van der Waals surface area contributed by atoms with Crippen molar-refractivity contribution >= 4 is 15.7 Å². The van der Waals surface area contributed by atoms with Crippen LogP contribution in [0.15, 0.2) is 52.3 Å². The highest BCUT2D eigenvalue weighted by molar-refractivity contribution is 7.91. The third-order valence-electron chi connectivity index (χ3n) is 3.64. The standard InChI is InChI=1S/C17H15F4NO4S/c1-10(22-16(24)17(19,20)21)8-11-2-4-12(5-3-11)27(25,26)13-6-7-15(23)14(18)9-13/h2-7,9-10,23H,8H2,1H3,(H,22,24)/t10-/m1/s1. The SMILES string of the molecule is C[C@H](Cc1ccc(S(=O)(=O)c2ccc(O)c(F)c2)cc1)NC(=O)C(F)(F)F. The molecule has 0 fully saturated rings. The highest BCUT2D eigenvalue weighted by Crippen LogP contribution is 2.25. The van der Waals surface area contributed by atoms with Crippen molar-refractivity contribution in [3.8, 4) is 5.75 Å². The molecular formula is C17H15F4NO4S. The molecule has 5 nitrogen and oxygen atoms in total. The minimum Gasteiger partial charge on any atom is -0.505 e. The van der Waals surface area contributed by atoms with E-state index in [2.05, 4.69) is 0 Å². The Balaban J connectivity index is 2.14. The van der Waals surface area contributed by atoms with Crippen LogP contribution in [0.3, 0.4) is 0 Å². The first kappa shape index (κ1) is 20.7. The average molecular weight is 405 g/mol. The number of carbonyl (C=O) groups is 1. The maximum atomic E-state index is 13.4. The molecule has 0 aromatic heterocycles. The number of aromatic hydroxyl groups is 1. The van der Waals surface area contributed by atoms with Crippen LogP contribution in [0.5, 0.6) is 5.75 Å². The van der Waals surface area contributed by atoms with Crippen LogP contribution >= 0.6 is 0 Å². The Morgan fingerprint density at radius 2 is 1.67 bits per heavy atom. The number of benzene rings is 2. The van der Waals surface area contributed by atoms with Crippen molar-refractivity contribution in [2.24, 2.45) is 0 Å². The summed E-state index contributed by atoms with van der Waals surface area (Å²) < 4.78 is 75.0. The number of alkyl halides is 3. The summed E-state index contributed by atoms with van der Waals surface area (Å²) in [6.45, 7) is 1.38. The van der Waals surface area contributed by atoms with Crippen LogP contribution < -0.4 is 5.32 Å². The predicted molar refractivity (Wildman–Crippen MR) is 87.3 cm³/mol. The minimum atomic E-state index is -4.98. The molecule has 0 aliphatic carbocycles. The van der Waals surface area contributed by atoms with Gasteiger partial charge in [-0.2, -0.15) is 13.2 Å². The third kappa shape index (κ3) is 4.97. The predicted octanol–water partition coefficient (Wildman–Crippen LogP) is 2.97. The summed E-state index contributed by atoms with van der Waals surface area (Å²) in [5.74, 6) is -3.82. The van der Waals surface area contributed by atoms with Crippen LogP contribution in [0.1, 0.15) is 12.5 Å². The molecule has 146 valence electrons. The van der Waals surface area contributed by atoms with Gasteiger partial charge in [0.05, 0.1) is 9.79 Å². The molecule has 2 aromatic carbocycles. The lowest BCUT2D eigenvalue weighted by atomic mass is 10.1. The van der Waals surface area contributed by atoms with Crippen LogP contribution in [0, 0.1) is 5.82 Å². The van der Waals surface area contributed by atoms with Gasteiger partial charge < -0.3 is 10.4 Å². The first-order valence-electron chi connectivity index (χ1n) is 7.61. The molecule has 0 radical (unpaired) electrons. The Kier molecular flexibility index (Phi) is 5.79. The average Bonchev–Trinajstić information content (AvgIpc) is 2.56. The zero-order chi connectivity index (χ0) is 20.4. The Morgan fingerprint density at radius 3 is 2.19 bits per heavy atom. The third-order valence-corrected chi connectivity index (χ3v) is 5.41. The van der Waals surface area contributed by atoms with E-state index in [-0.39, 0.29) is 16.2 Å². The Hall–Kier alpha value is -2.62. The maximum absolute atomic E-state index is 13.4. The summed E-state index contributed by atoms with van der Waals surface area (Å²) >= 11 is 0. The topological polar surface area (TPSA) is 83.5 Å². The van der Waals surface area contributed by atoms with Crippen molar-refractivity contribution < 1.29 is 35.9 Å². The van der Waals surface area contributed by atoms with Gasteiger partial charge in [-0.15, -0.1) is 0 Å². The maximum Gasteiger partial charge on any atom is 0.471 e. The molecule has 2 N–H and O–H groups in total. The zero-order valence-electron chi connectivity index (χ0n) is 13.9. The van der Waals surface area contributed by atoms with E-state index >= 15 is 0 Å². The van der Waals surface area contributed by atoms with E-state index in [1.54, 1.807) is 5.32 Å². The lowest BCUT2D eigenvalue weighted by molar-refractivity contribution is -0.174. The number of nitrogens with one attached hydrogen (secondary N) is 1. The van der Waals surface area contributed by atoms with Gasteiger partial charge in [0, 0.05) is 6.04 Å². The smallest absolute Gasteiger partial charge is 0.471 e. The number of amides is 1. The van der Waals surface area contributed by atoms with Gasteiger partial charge in [0.1, 0.15) is 0 Å². The molecular weight excluding hydrogens is 390 g/mol. The van der Waals surface area contributed by atoms with Gasteiger partial charge in [-0.3, -0.25) is 4.79 Å². The fraction of sp³-hybridized carbons (Fsp3) is 0.235. The summed E-state index contributed by atoms with van der Waals surface area (Å²) in [4.78, 5) is 10.4. The van der Waals surface area contributed by atoms with Gasteiger partial charge in [0.15, 0.2) is 11.6 Å². The number of hydrogen-bond acceptors (Lipinski definition) is 4. The second kappa shape index (κ2) is 7.55. The Labute approximate surface area is 152 Å². The normalized spacial score (nSPS) is 13.2. The van der Waals surface area contributed by atoms with E-state index in [1.165, 1.54) is 31.2 Å². The molecule has 0 bridgehead atoms. The monoisotopic (exact) mass is 405 g/mol. The van der Waals surface area contributed by atoms with Crippen molar-refractivity contribution in [3.05, 3.63) is 53.8 Å². The number of sulfone groups is 1. The van der Waals surface area contributed by atoms with Crippen molar-refractivity contribution in [2.75, 3.05) is 0 Å². The Morgan fingerprint density at radius 1 is 1.11 bits per heavy atom. The summed E-state index contributed by atoms with van der Waals surface area (Å²) in [5.41, 5.74) is 0.501. The quantitative estimate of drug-likeness (QED) is 0.750. The van der Waals surface area contributed by atoms with Crippen LogP contribution in [0.4, 0.5) is 17.6 Å². The number of rotatable bonds is 5.